The number of amides is 1. The van der Waals surface area contributed by atoms with Gasteiger partial charge in [-0.2, -0.15) is 0 Å². The van der Waals surface area contributed by atoms with E-state index in [2.05, 4.69) is 15.3 Å². The first-order chi connectivity index (χ1) is 14.2. The highest BCUT2D eigenvalue weighted by Crippen LogP contribution is 2.26. The fraction of sp³-hybridized carbons (Fsp3) is 0.350. The van der Waals surface area contributed by atoms with Gasteiger partial charge in [-0.05, 0) is 37.5 Å². The van der Waals surface area contributed by atoms with Crippen molar-refractivity contribution < 1.29 is 18.7 Å². The Kier molecular flexibility index (Phi) is 6.25. The number of methoxy groups -OCH3 is 1. The number of anilines is 1. The maximum Gasteiger partial charge on any atom is 0.357 e. The van der Waals surface area contributed by atoms with Gasteiger partial charge in [-0.25, -0.2) is 19.2 Å². The van der Waals surface area contributed by atoms with Gasteiger partial charge in [-0.3, -0.25) is 14.2 Å². The monoisotopic (exact) mass is 432 g/mol. The Bertz CT molecular complexity index is 1190. The summed E-state index contributed by atoms with van der Waals surface area (Å²) in [6.45, 7) is 5.28. The molecular formula is C20H21FN4O4S. The van der Waals surface area contributed by atoms with Crippen LogP contribution in [-0.2, 0) is 22.5 Å². The van der Waals surface area contributed by atoms with Crippen LogP contribution in [0.25, 0.3) is 10.9 Å². The number of aryl methyl sites for hydroxylation is 1. The summed E-state index contributed by atoms with van der Waals surface area (Å²) in [5.74, 6) is -1.04. The molecule has 3 rings (SSSR count). The minimum absolute atomic E-state index is 0.0924. The number of fused-ring (bicyclic) bond motifs is 1. The number of esters is 1. The third kappa shape index (κ3) is 4.54. The van der Waals surface area contributed by atoms with Gasteiger partial charge in [0.25, 0.3) is 5.56 Å². The average molecular weight is 432 g/mol. The second-order valence-electron chi connectivity index (χ2n) is 7.14. The molecule has 0 saturated carbocycles. The minimum atomic E-state index is -0.574. The third-order valence-electron chi connectivity index (χ3n) is 4.32. The molecule has 0 radical (unpaired) electrons. The Hall–Kier alpha value is -3.14. The zero-order valence-electron chi connectivity index (χ0n) is 17.0. The first kappa shape index (κ1) is 21.6. The van der Waals surface area contributed by atoms with Gasteiger partial charge in [0.05, 0.1) is 18.0 Å². The van der Waals surface area contributed by atoms with E-state index in [0.717, 1.165) is 6.07 Å². The third-order valence-corrected chi connectivity index (χ3v) is 5.32. The van der Waals surface area contributed by atoms with E-state index in [1.54, 1.807) is 6.92 Å². The molecular weight excluding hydrogens is 411 g/mol. The molecule has 158 valence electrons. The predicted octanol–water partition coefficient (Wildman–Crippen LogP) is 2.92. The van der Waals surface area contributed by atoms with Crippen molar-refractivity contribution in [2.24, 2.45) is 5.92 Å². The second-order valence-corrected chi connectivity index (χ2v) is 8.22. The Morgan fingerprint density at radius 3 is 2.70 bits per heavy atom. The summed E-state index contributed by atoms with van der Waals surface area (Å²) < 4.78 is 19.5. The lowest BCUT2D eigenvalue weighted by Crippen LogP contribution is -2.30. The highest BCUT2D eigenvalue weighted by Gasteiger charge is 2.21. The van der Waals surface area contributed by atoms with E-state index in [-0.39, 0.29) is 28.7 Å². The summed E-state index contributed by atoms with van der Waals surface area (Å²) in [5, 5.41) is 2.95. The maximum atomic E-state index is 13.5. The number of rotatable bonds is 6. The van der Waals surface area contributed by atoms with Crippen LogP contribution in [0.4, 0.5) is 9.52 Å². The summed E-state index contributed by atoms with van der Waals surface area (Å²) in [4.78, 5) is 46.4. The van der Waals surface area contributed by atoms with Crippen molar-refractivity contribution >= 4 is 39.2 Å². The predicted molar refractivity (Wildman–Crippen MR) is 111 cm³/mol. The summed E-state index contributed by atoms with van der Waals surface area (Å²) in [7, 11) is 1.27. The van der Waals surface area contributed by atoms with Gasteiger partial charge in [0.1, 0.15) is 18.2 Å². The maximum absolute atomic E-state index is 13.5. The van der Waals surface area contributed by atoms with E-state index in [1.807, 2.05) is 13.8 Å². The van der Waals surface area contributed by atoms with Gasteiger partial charge in [0.15, 0.2) is 10.8 Å². The fourth-order valence-electron chi connectivity index (χ4n) is 2.96. The molecule has 0 saturated heterocycles. The molecule has 2 aromatic heterocycles. The lowest BCUT2D eigenvalue weighted by atomic mass is 10.1. The van der Waals surface area contributed by atoms with Crippen molar-refractivity contribution in [2.45, 2.75) is 33.7 Å². The number of carbonyl (C=O) groups excluding carboxylic acids is 2. The van der Waals surface area contributed by atoms with E-state index in [1.165, 1.54) is 35.1 Å². The molecule has 10 heteroatoms. The lowest BCUT2D eigenvalue weighted by Gasteiger charge is -2.10. The number of aromatic nitrogens is 3. The SMILES string of the molecule is COC(=O)c1nc(NC(=O)Cn2c(C)nc3ccc(F)cc3c2=O)sc1CC(C)C. The highest BCUT2D eigenvalue weighted by molar-refractivity contribution is 7.16. The topological polar surface area (TPSA) is 103 Å². The van der Waals surface area contributed by atoms with Crippen LogP contribution in [0.3, 0.4) is 0 Å². The number of hydrogen-bond donors (Lipinski definition) is 1. The normalized spacial score (nSPS) is 11.1. The summed E-state index contributed by atoms with van der Waals surface area (Å²) in [6.07, 6.45) is 0.608. The van der Waals surface area contributed by atoms with Gasteiger partial charge in [0, 0.05) is 4.88 Å². The number of thiazole rings is 1. The zero-order valence-corrected chi connectivity index (χ0v) is 17.8. The van der Waals surface area contributed by atoms with Crippen LogP contribution in [0, 0.1) is 18.7 Å². The first-order valence-electron chi connectivity index (χ1n) is 9.24. The minimum Gasteiger partial charge on any atom is -0.464 e. The number of benzene rings is 1. The zero-order chi connectivity index (χ0) is 22.0. The van der Waals surface area contributed by atoms with Gasteiger partial charge in [-0.1, -0.05) is 13.8 Å². The summed E-state index contributed by atoms with van der Waals surface area (Å²) >= 11 is 1.19. The van der Waals surface area contributed by atoms with Gasteiger partial charge >= 0.3 is 5.97 Å². The molecule has 0 atom stereocenters. The van der Waals surface area contributed by atoms with Crippen LogP contribution >= 0.6 is 11.3 Å². The van der Waals surface area contributed by atoms with E-state index in [4.69, 9.17) is 4.74 Å². The summed E-state index contributed by atoms with van der Waals surface area (Å²) in [5.41, 5.74) is 0.0151. The van der Waals surface area contributed by atoms with Gasteiger partial charge < -0.3 is 10.1 Å². The molecule has 0 bridgehead atoms. The second kappa shape index (κ2) is 8.70. The number of nitrogens with zero attached hydrogens (tertiary/aromatic N) is 3. The Balaban J connectivity index is 1.86. The molecule has 30 heavy (non-hydrogen) atoms. The van der Waals surface area contributed by atoms with E-state index in [0.29, 0.717) is 22.6 Å². The summed E-state index contributed by atoms with van der Waals surface area (Å²) in [6, 6.07) is 3.74. The molecule has 8 nitrogen and oxygen atoms in total. The highest BCUT2D eigenvalue weighted by atomic mass is 32.1. The van der Waals surface area contributed by atoms with Crippen molar-refractivity contribution in [3.8, 4) is 0 Å². The molecule has 0 aliphatic carbocycles. The van der Waals surface area contributed by atoms with Crippen LogP contribution in [0.5, 0.6) is 0 Å². The fourth-order valence-corrected chi connectivity index (χ4v) is 4.14. The number of hydrogen-bond acceptors (Lipinski definition) is 7. The molecule has 0 unspecified atom stereocenters. The van der Waals surface area contributed by atoms with Crippen LogP contribution in [-0.4, -0.2) is 33.5 Å². The van der Waals surface area contributed by atoms with Crippen LogP contribution in [0.2, 0.25) is 0 Å². The van der Waals surface area contributed by atoms with Crippen LogP contribution in [0.1, 0.15) is 35.0 Å². The van der Waals surface area contributed by atoms with Crippen molar-refractivity contribution in [2.75, 3.05) is 12.4 Å². The molecule has 3 aromatic rings. The number of carbonyl (C=O) groups is 2. The molecule has 2 heterocycles. The number of halogens is 1. The van der Waals surface area contributed by atoms with E-state index >= 15 is 0 Å². The van der Waals surface area contributed by atoms with Gasteiger partial charge in [-0.15, -0.1) is 11.3 Å². The quantitative estimate of drug-likeness (QED) is 0.601. The van der Waals surface area contributed by atoms with Gasteiger partial charge in [0.2, 0.25) is 5.91 Å². The van der Waals surface area contributed by atoms with Crippen molar-refractivity contribution in [1.82, 2.24) is 14.5 Å². The van der Waals surface area contributed by atoms with E-state index < -0.39 is 23.3 Å². The number of ether oxygens (including phenoxy) is 1. The molecule has 1 amide bonds. The first-order valence-corrected chi connectivity index (χ1v) is 10.1. The van der Waals surface area contributed by atoms with Crippen molar-refractivity contribution in [1.29, 1.82) is 0 Å². The molecule has 0 aliphatic heterocycles. The molecule has 0 spiro atoms. The Morgan fingerprint density at radius 2 is 2.03 bits per heavy atom. The van der Waals surface area contributed by atoms with Crippen molar-refractivity contribution in [3.63, 3.8) is 0 Å². The Morgan fingerprint density at radius 1 is 1.30 bits per heavy atom. The average Bonchev–Trinajstić information content (AvgIpc) is 3.06. The molecule has 0 aliphatic rings. The largest absolute Gasteiger partial charge is 0.464 e. The molecule has 1 aromatic carbocycles. The van der Waals surface area contributed by atoms with E-state index in [9.17, 15) is 18.8 Å². The smallest absolute Gasteiger partial charge is 0.357 e. The van der Waals surface area contributed by atoms with Crippen LogP contribution in [0.15, 0.2) is 23.0 Å². The standard InChI is InChI=1S/C20H21FN4O4S/c1-10(2)7-15-17(19(28)29-4)24-20(30-15)23-16(26)9-25-11(3)22-14-6-5-12(21)8-13(14)18(25)27/h5-6,8,10H,7,9H2,1-4H3,(H,23,24,26). The molecule has 0 fully saturated rings. The number of nitrogens with one attached hydrogen (secondary N) is 1. The van der Waals surface area contributed by atoms with Crippen LogP contribution < -0.4 is 10.9 Å². The Labute approximate surface area is 175 Å². The molecule has 1 N–H and O–H groups in total. The van der Waals surface area contributed by atoms with Crippen molar-refractivity contribution in [3.05, 3.63) is 50.8 Å². The lowest BCUT2D eigenvalue weighted by molar-refractivity contribution is -0.116.